The molecule has 3 rings (SSSR count). The Bertz CT molecular complexity index is 876. The van der Waals surface area contributed by atoms with E-state index in [1.165, 1.54) is 6.07 Å². The van der Waals surface area contributed by atoms with Gasteiger partial charge >= 0.3 is 5.97 Å². The molecule has 0 radical (unpaired) electrons. The van der Waals surface area contributed by atoms with Crippen molar-refractivity contribution >= 4 is 28.8 Å². The van der Waals surface area contributed by atoms with Gasteiger partial charge in [-0.2, -0.15) is 0 Å². The van der Waals surface area contributed by atoms with Crippen LogP contribution in [0.4, 0.5) is 0 Å². The fraction of sp³-hybridized carbons (Fsp3) is 0.125. The van der Waals surface area contributed by atoms with Gasteiger partial charge in [-0.05, 0) is 48.0 Å². The number of hydrogen-bond acceptors (Lipinski definition) is 6. The van der Waals surface area contributed by atoms with Crippen LogP contribution in [0.5, 0.6) is 11.5 Å². The van der Waals surface area contributed by atoms with E-state index in [-0.39, 0.29) is 17.9 Å². The summed E-state index contributed by atoms with van der Waals surface area (Å²) < 4.78 is 0. The highest BCUT2D eigenvalue weighted by molar-refractivity contribution is 7.99. The van der Waals surface area contributed by atoms with Crippen molar-refractivity contribution in [1.29, 1.82) is 0 Å². The molecule has 0 aliphatic rings. The molecule has 2 aromatic carbocycles. The van der Waals surface area contributed by atoms with Crippen LogP contribution in [0.25, 0.3) is 11.0 Å². The number of carbonyl (C=O) groups is 1. The zero-order chi connectivity index (χ0) is 17.3. The molecule has 0 saturated carbocycles. The first-order valence-electron chi connectivity index (χ1n) is 7.10. The lowest BCUT2D eigenvalue weighted by Gasteiger charge is -2.10. The molecule has 24 heavy (non-hydrogen) atoms. The van der Waals surface area contributed by atoms with Crippen LogP contribution in [-0.2, 0) is 11.2 Å². The molecule has 3 aromatic rings. The van der Waals surface area contributed by atoms with Crippen molar-refractivity contribution in [2.45, 2.75) is 22.5 Å². The van der Waals surface area contributed by atoms with Gasteiger partial charge in [0.15, 0.2) is 16.7 Å². The number of hydrogen-bond donors (Lipinski definition) is 5. The van der Waals surface area contributed by atoms with Crippen LogP contribution in [0.15, 0.2) is 46.5 Å². The number of benzene rings is 2. The van der Waals surface area contributed by atoms with Gasteiger partial charge in [-0.25, -0.2) is 4.98 Å². The largest absolute Gasteiger partial charge is 0.504 e. The Morgan fingerprint density at radius 2 is 2.04 bits per heavy atom. The molecule has 0 aliphatic heterocycles. The fourth-order valence-corrected chi connectivity index (χ4v) is 3.19. The number of aromatic amines is 1. The number of aromatic hydroxyl groups is 2. The monoisotopic (exact) mass is 345 g/mol. The number of nitrogens with one attached hydrogen (secondary N) is 1. The topological polar surface area (TPSA) is 132 Å². The lowest BCUT2D eigenvalue weighted by atomic mass is 10.1. The van der Waals surface area contributed by atoms with Gasteiger partial charge in [0.25, 0.3) is 0 Å². The van der Waals surface area contributed by atoms with Gasteiger partial charge in [0.1, 0.15) is 6.04 Å². The highest BCUT2D eigenvalue weighted by Crippen LogP contribution is 2.40. The second kappa shape index (κ2) is 6.42. The van der Waals surface area contributed by atoms with Crippen LogP contribution >= 0.6 is 11.8 Å². The lowest BCUT2D eigenvalue weighted by molar-refractivity contribution is -0.138. The standard InChI is InChI=1S/C16H15N3O4S/c17-9(15(22)23)5-8-6-12(20)14(21)13(7-8)24-16-18-10-3-1-2-4-11(10)19-16/h1-4,6-7,9,20-21H,5,17H2,(H,18,19)(H,22,23)/t9-/m0/s1. The number of carboxylic acids is 1. The Hall–Kier alpha value is -2.71. The van der Waals surface area contributed by atoms with E-state index in [0.717, 1.165) is 22.8 Å². The van der Waals surface area contributed by atoms with E-state index in [1.807, 2.05) is 24.3 Å². The van der Waals surface area contributed by atoms with Gasteiger partial charge in [-0.15, -0.1) is 0 Å². The van der Waals surface area contributed by atoms with Crippen LogP contribution in [0.3, 0.4) is 0 Å². The zero-order valence-corrected chi connectivity index (χ0v) is 13.2. The molecule has 1 atom stereocenters. The normalized spacial score (nSPS) is 12.4. The molecule has 6 N–H and O–H groups in total. The van der Waals surface area contributed by atoms with Crippen molar-refractivity contribution in [3.05, 3.63) is 42.0 Å². The van der Waals surface area contributed by atoms with Crippen LogP contribution in [0.1, 0.15) is 5.56 Å². The average Bonchev–Trinajstić information content (AvgIpc) is 2.94. The third-order valence-electron chi connectivity index (χ3n) is 3.46. The second-order valence-electron chi connectivity index (χ2n) is 5.27. The van der Waals surface area contributed by atoms with E-state index in [4.69, 9.17) is 10.8 Å². The molecule has 0 bridgehead atoms. The lowest BCUT2D eigenvalue weighted by Crippen LogP contribution is -2.32. The maximum atomic E-state index is 10.9. The van der Waals surface area contributed by atoms with Crippen molar-refractivity contribution < 1.29 is 20.1 Å². The average molecular weight is 345 g/mol. The summed E-state index contributed by atoms with van der Waals surface area (Å²) >= 11 is 1.14. The summed E-state index contributed by atoms with van der Waals surface area (Å²) in [6, 6.07) is 9.30. The van der Waals surface area contributed by atoms with E-state index in [0.29, 0.717) is 15.6 Å². The highest BCUT2D eigenvalue weighted by Gasteiger charge is 2.17. The smallest absolute Gasteiger partial charge is 0.320 e. The Balaban J connectivity index is 1.91. The van der Waals surface area contributed by atoms with Gasteiger partial charge in [-0.1, -0.05) is 12.1 Å². The number of aromatic nitrogens is 2. The van der Waals surface area contributed by atoms with Crippen molar-refractivity contribution in [3.8, 4) is 11.5 Å². The molecule has 0 aliphatic carbocycles. The number of phenols is 2. The number of phenolic OH excluding ortho intramolecular Hbond substituents is 2. The maximum absolute atomic E-state index is 10.9. The summed E-state index contributed by atoms with van der Waals surface area (Å²) in [5.41, 5.74) is 7.67. The summed E-state index contributed by atoms with van der Waals surface area (Å²) in [6.07, 6.45) is 0.0386. The number of nitrogens with zero attached hydrogens (tertiary/aromatic N) is 1. The van der Waals surface area contributed by atoms with Crippen molar-refractivity contribution in [1.82, 2.24) is 9.97 Å². The number of carboxylic acid groups (broad SMARTS) is 1. The summed E-state index contributed by atoms with van der Waals surface area (Å²) in [5, 5.41) is 29.4. The SMILES string of the molecule is N[C@@H](Cc1cc(O)c(O)c(Sc2nc3ccccc3[nH]2)c1)C(=O)O. The van der Waals surface area contributed by atoms with Gasteiger partial charge in [-0.3, -0.25) is 4.79 Å². The molecule has 0 spiro atoms. The minimum absolute atomic E-state index is 0.0386. The van der Waals surface area contributed by atoms with E-state index >= 15 is 0 Å². The minimum atomic E-state index is -1.13. The molecule has 7 nitrogen and oxygen atoms in total. The second-order valence-corrected chi connectivity index (χ2v) is 6.30. The Labute approximate surface area is 141 Å². The first kappa shape index (κ1) is 16.2. The first-order valence-corrected chi connectivity index (χ1v) is 7.91. The van der Waals surface area contributed by atoms with E-state index in [2.05, 4.69) is 9.97 Å². The third kappa shape index (κ3) is 3.29. The van der Waals surface area contributed by atoms with Crippen molar-refractivity contribution in [2.24, 2.45) is 5.73 Å². The molecule has 124 valence electrons. The van der Waals surface area contributed by atoms with Crippen molar-refractivity contribution in [3.63, 3.8) is 0 Å². The predicted octanol–water partition coefficient (Wildman–Crippen LogP) is 2.08. The van der Waals surface area contributed by atoms with Gasteiger partial charge in [0, 0.05) is 0 Å². The molecule has 0 unspecified atom stereocenters. The van der Waals surface area contributed by atoms with Gasteiger partial charge < -0.3 is 26.0 Å². The first-order chi connectivity index (χ1) is 11.4. The molecule has 0 saturated heterocycles. The Morgan fingerprint density at radius 1 is 1.29 bits per heavy atom. The van der Waals surface area contributed by atoms with Crippen molar-refractivity contribution in [2.75, 3.05) is 0 Å². The highest BCUT2D eigenvalue weighted by atomic mass is 32.2. The van der Waals surface area contributed by atoms with Crippen LogP contribution in [0, 0.1) is 0 Å². The number of nitrogens with two attached hydrogens (primary N) is 1. The minimum Gasteiger partial charge on any atom is -0.504 e. The number of imidazole rings is 1. The summed E-state index contributed by atoms with van der Waals surface area (Å²) in [7, 11) is 0. The van der Waals surface area contributed by atoms with E-state index in [9.17, 15) is 15.0 Å². The number of para-hydroxylation sites is 2. The van der Waals surface area contributed by atoms with E-state index < -0.39 is 12.0 Å². The summed E-state index contributed by atoms with van der Waals surface area (Å²) in [4.78, 5) is 18.7. The molecule has 8 heteroatoms. The van der Waals surface area contributed by atoms with Crippen LogP contribution in [-0.4, -0.2) is 37.3 Å². The summed E-state index contributed by atoms with van der Waals surface area (Å²) in [6.45, 7) is 0. The Kier molecular flexibility index (Phi) is 4.32. The molecular weight excluding hydrogens is 330 g/mol. The molecule has 0 fully saturated rings. The number of fused-ring (bicyclic) bond motifs is 1. The predicted molar refractivity (Wildman–Crippen MR) is 89.3 cm³/mol. The maximum Gasteiger partial charge on any atom is 0.320 e. The number of H-pyrrole nitrogens is 1. The van der Waals surface area contributed by atoms with Gasteiger partial charge in [0.05, 0.1) is 15.9 Å². The number of aliphatic carboxylic acids is 1. The molecular formula is C16H15N3O4S. The molecule has 1 aromatic heterocycles. The quantitative estimate of drug-likeness (QED) is 0.447. The van der Waals surface area contributed by atoms with Gasteiger partial charge in [0.2, 0.25) is 0 Å². The number of rotatable bonds is 5. The zero-order valence-electron chi connectivity index (χ0n) is 12.4. The van der Waals surface area contributed by atoms with E-state index in [1.54, 1.807) is 6.07 Å². The van der Waals surface area contributed by atoms with Crippen LogP contribution in [0.2, 0.25) is 0 Å². The van der Waals surface area contributed by atoms with Crippen LogP contribution < -0.4 is 5.73 Å². The fourth-order valence-electron chi connectivity index (χ4n) is 2.27. The summed E-state index contributed by atoms with van der Waals surface area (Å²) in [5.74, 6) is -1.74. The Morgan fingerprint density at radius 3 is 2.75 bits per heavy atom. The third-order valence-corrected chi connectivity index (χ3v) is 4.38. The molecule has 0 amide bonds. The molecule has 1 heterocycles.